The molecule has 1 fully saturated rings. The standard InChI is InChI=1S/C12H11BrF3NO/c1-6-4-9(13)10(5-8(6)7-2-3-7)17-11(18)12(14,15)16/h4-5,7H,2-3H2,1H3,(H,17,18). The Bertz CT molecular complexity index is 495. The fourth-order valence-corrected chi connectivity index (χ4v) is 2.37. The maximum atomic E-state index is 12.2. The zero-order valence-corrected chi connectivity index (χ0v) is 11.2. The molecule has 0 spiro atoms. The van der Waals surface area contributed by atoms with E-state index in [4.69, 9.17) is 0 Å². The first-order chi connectivity index (χ1) is 8.29. The van der Waals surface area contributed by atoms with Crippen LogP contribution in [0.4, 0.5) is 18.9 Å². The fraction of sp³-hybridized carbons (Fsp3) is 0.417. The Balaban J connectivity index is 2.27. The number of alkyl halides is 3. The van der Waals surface area contributed by atoms with Crippen molar-refractivity contribution < 1.29 is 18.0 Å². The minimum atomic E-state index is -4.87. The van der Waals surface area contributed by atoms with Crippen molar-refractivity contribution in [3.8, 4) is 0 Å². The van der Waals surface area contributed by atoms with Crippen molar-refractivity contribution in [3.05, 3.63) is 27.7 Å². The average Bonchev–Trinajstić information content (AvgIpc) is 3.04. The third-order valence-electron chi connectivity index (χ3n) is 2.88. The van der Waals surface area contributed by atoms with Crippen molar-refractivity contribution in [2.75, 3.05) is 5.32 Å². The van der Waals surface area contributed by atoms with E-state index in [1.807, 2.05) is 12.2 Å². The number of halogens is 4. The molecule has 98 valence electrons. The summed E-state index contributed by atoms with van der Waals surface area (Å²) in [7, 11) is 0. The molecule has 0 bridgehead atoms. The smallest absolute Gasteiger partial charge is 0.317 e. The van der Waals surface area contributed by atoms with E-state index in [-0.39, 0.29) is 5.69 Å². The molecule has 0 heterocycles. The Hall–Kier alpha value is -1.04. The molecule has 0 aromatic heterocycles. The number of aryl methyl sites for hydroxylation is 1. The summed E-state index contributed by atoms with van der Waals surface area (Å²) in [5, 5.41) is 1.89. The third-order valence-corrected chi connectivity index (χ3v) is 3.53. The van der Waals surface area contributed by atoms with Crippen LogP contribution in [0.25, 0.3) is 0 Å². The number of hydrogen-bond donors (Lipinski definition) is 1. The molecule has 2 nitrogen and oxygen atoms in total. The van der Waals surface area contributed by atoms with Gasteiger partial charge in [0.15, 0.2) is 0 Å². The summed E-state index contributed by atoms with van der Waals surface area (Å²) in [4.78, 5) is 10.9. The van der Waals surface area contributed by atoms with Crippen LogP contribution in [0.3, 0.4) is 0 Å². The molecule has 1 aromatic carbocycles. The van der Waals surface area contributed by atoms with E-state index >= 15 is 0 Å². The van der Waals surface area contributed by atoms with Gasteiger partial charge in [0.1, 0.15) is 0 Å². The topological polar surface area (TPSA) is 29.1 Å². The Morgan fingerprint density at radius 3 is 2.50 bits per heavy atom. The molecule has 1 aromatic rings. The highest BCUT2D eigenvalue weighted by molar-refractivity contribution is 9.10. The molecular formula is C12H11BrF3NO. The molecule has 1 aliphatic carbocycles. The molecule has 1 N–H and O–H groups in total. The molecule has 1 saturated carbocycles. The molecule has 1 aliphatic rings. The van der Waals surface area contributed by atoms with Gasteiger partial charge in [-0.15, -0.1) is 0 Å². The monoisotopic (exact) mass is 321 g/mol. The SMILES string of the molecule is Cc1cc(Br)c(NC(=O)C(F)(F)F)cc1C1CC1. The average molecular weight is 322 g/mol. The molecule has 18 heavy (non-hydrogen) atoms. The summed E-state index contributed by atoms with van der Waals surface area (Å²) in [6.45, 7) is 1.91. The molecule has 6 heteroatoms. The second-order valence-electron chi connectivity index (χ2n) is 4.41. The highest BCUT2D eigenvalue weighted by Crippen LogP contribution is 2.43. The lowest BCUT2D eigenvalue weighted by molar-refractivity contribution is -0.167. The zero-order valence-electron chi connectivity index (χ0n) is 9.57. The first-order valence-corrected chi connectivity index (χ1v) is 6.26. The van der Waals surface area contributed by atoms with Crippen LogP contribution in [0.15, 0.2) is 16.6 Å². The summed E-state index contributed by atoms with van der Waals surface area (Å²) in [6, 6.07) is 3.36. The second-order valence-corrected chi connectivity index (χ2v) is 5.27. The van der Waals surface area contributed by atoms with Gasteiger partial charge in [-0.25, -0.2) is 0 Å². The lowest BCUT2D eigenvalue weighted by Crippen LogP contribution is -2.30. The van der Waals surface area contributed by atoms with Gasteiger partial charge in [-0.2, -0.15) is 13.2 Å². The maximum absolute atomic E-state index is 12.2. The van der Waals surface area contributed by atoms with Gasteiger partial charge in [-0.05, 0) is 64.9 Å². The van der Waals surface area contributed by atoms with Crippen molar-refractivity contribution in [2.45, 2.75) is 31.9 Å². The number of carbonyl (C=O) groups is 1. The van der Waals surface area contributed by atoms with Crippen LogP contribution < -0.4 is 5.32 Å². The van der Waals surface area contributed by atoms with E-state index in [2.05, 4.69) is 15.9 Å². The van der Waals surface area contributed by atoms with E-state index in [1.54, 1.807) is 12.1 Å². The van der Waals surface area contributed by atoms with Gasteiger partial charge in [0.2, 0.25) is 0 Å². The molecule has 0 unspecified atom stereocenters. The van der Waals surface area contributed by atoms with E-state index in [9.17, 15) is 18.0 Å². The first-order valence-electron chi connectivity index (χ1n) is 5.47. The fourth-order valence-electron chi connectivity index (χ4n) is 1.81. The number of rotatable bonds is 2. The van der Waals surface area contributed by atoms with E-state index in [0.717, 1.165) is 24.0 Å². The predicted molar refractivity (Wildman–Crippen MR) is 65.5 cm³/mol. The van der Waals surface area contributed by atoms with Crippen LogP contribution in [0.5, 0.6) is 0 Å². The van der Waals surface area contributed by atoms with Gasteiger partial charge in [-0.3, -0.25) is 4.79 Å². The summed E-state index contributed by atoms with van der Waals surface area (Å²) < 4.78 is 37.0. The van der Waals surface area contributed by atoms with Crippen molar-refractivity contribution >= 4 is 27.5 Å². The molecule has 0 radical (unpaired) electrons. The summed E-state index contributed by atoms with van der Waals surface area (Å²) in [5.41, 5.74) is 2.20. The first kappa shape index (κ1) is 13.4. The number of hydrogen-bond acceptors (Lipinski definition) is 1. The van der Waals surface area contributed by atoms with E-state index < -0.39 is 12.1 Å². The van der Waals surface area contributed by atoms with Gasteiger partial charge in [0.25, 0.3) is 0 Å². The number of carbonyl (C=O) groups excluding carboxylic acids is 1. The number of benzene rings is 1. The second kappa shape index (κ2) is 4.57. The molecule has 2 rings (SSSR count). The molecular weight excluding hydrogens is 311 g/mol. The van der Waals surface area contributed by atoms with Gasteiger partial charge >= 0.3 is 12.1 Å². The van der Waals surface area contributed by atoms with Gasteiger partial charge in [0, 0.05) is 4.47 Å². The van der Waals surface area contributed by atoms with Crippen molar-refractivity contribution in [1.29, 1.82) is 0 Å². The Morgan fingerprint density at radius 2 is 2.00 bits per heavy atom. The third kappa shape index (κ3) is 2.85. The Labute approximate surface area is 111 Å². The molecule has 0 aliphatic heterocycles. The highest BCUT2D eigenvalue weighted by atomic mass is 79.9. The quantitative estimate of drug-likeness (QED) is 0.871. The van der Waals surface area contributed by atoms with E-state index in [1.165, 1.54) is 0 Å². The predicted octanol–water partition coefficient (Wildman–Crippen LogP) is 4.14. The normalized spacial score (nSPS) is 15.6. The van der Waals surface area contributed by atoms with Crippen LogP contribution in [0.1, 0.15) is 29.9 Å². The van der Waals surface area contributed by atoms with Gasteiger partial charge in [-0.1, -0.05) is 0 Å². The Morgan fingerprint density at radius 1 is 1.39 bits per heavy atom. The van der Waals surface area contributed by atoms with Crippen LogP contribution in [-0.4, -0.2) is 12.1 Å². The Kier molecular flexibility index (Phi) is 3.40. The van der Waals surface area contributed by atoms with E-state index in [0.29, 0.717) is 10.4 Å². The van der Waals surface area contributed by atoms with Crippen molar-refractivity contribution in [1.82, 2.24) is 0 Å². The van der Waals surface area contributed by atoms with Crippen LogP contribution >= 0.6 is 15.9 Å². The number of amides is 1. The zero-order chi connectivity index (χ0) is 13.5. The maximum Gasteiger partial charge on any atom is 0.471 e. The minimum absolute atomic E-state index is 0.171. The van der Waals surface area contributed by atoms with Gasteiger partial charge in [0.05, 0.1) is 5.69 Å². The van der Waals surface area contributed by atoms with Gasteiger partial charge < -0.3 is 5.32 Å². The lowest BCUT2D eigenvalue weighted by atomic mass is 10.0. The molecule has 1 amide bonds. The summed E-state index contributed by atoms with van der Waals surface area (Å²) in [5.74, 6) is -1.53. The van der Waals surface area contributed by atoms with Crippen molar-refractivity contribution in [3.63, 3.8) is 0 Å². The van der Waals surface area contributed by atoms with Crippen molar-refractivity contribution in [2.24, 2.45) is 0 Å². The summed E-state index contributed by atoms with van der Waals surface area (Å²) in [6.07, 6.45) is -2.77. The minimum Gasteiger partial charge on any atom is -0.317 e. The number of nitrogens with one attached hydrogen (secondary N) is 1. The molecule has 0 saturated heterocycles. The van der Waals surface area contributed by atoms with Crippen LogP contribution in [0, 0.1) is 6.92 Å². The summed E-state index contributed by atoms with van der Waals surface area (Å²) >= 11 is 3.16. The van der Waals surface area contributed by atoms with Crippen LogP contribution in [0.2, 0.25) is 0 Å². The lowest BCUT2D eigenvalue weighted by Gasteiger charge is -2.13. The molecule has 0 atom stereocenters. The highest BCUT2D eigenvalue weighted by Gasteiger charge is 2.39. The number of anilines is 1. The van der Waals surface area contributed by atoms with Crippen LogP contribution in [-0.2, 0) is 4.79 Å². The largest absolute Gasteiger partial charge is 0.471 e.